The van der Waals surface area contributed by atoms with Crippen LogP contribution in [0.5, 0.6) is 0 Å². The zero-order valence-corrected chi connectivity index (χ0v) is 10.2. The van der Waals surface area contributed by atoms with E-state index in [1.54, 1.807) is 0 Å². The van der Waals surface area contributed by atoms with Gasteiger partial charge in [0.25, 0.3) is 0 Å². The lowest BCUT2D eigenvalue weighted by Crippen LogP contribution is -2.48. The maximum atomic E-state index is 11.9. The zero-order chi connectivity index (χ0) is 12.3. The van der Waals surface area contributed by atoms with E-state index in [0.717, 1.165) is 13.0 Å². The quantitative estimate of drug-likeness (QED) is 0.695. The molecule has 5 nitrogen and oxygen atoms in total. The number of rotatable bonds is 3. The Labute approximate surface area is 96.4 Å². The summed E-state index contributed by atoms with van der Waals surface area (Å²) in [5.41, 5.74) is 5.04. The van der Waals surface area contributed by atoms with E-state index in [2.05, 4.69) is 26.1 Å². The van der Waals surface area contributed by atoms with Gasteiger partial charge in [0.15, 0.2) is 0 Å². The van der Waals surface area contributed by atoms with Gasteiger partial charge in [-0.2, -0.15) is 0 Å². The Balaban J connectivity index is 2.51. The standard InChI is InChI=1S/C11H21N3O2/c1-8-4-11(2,3)14(7-8)10(16)6-13-9(15)5-12/h8H,4-7,12H2,1-3H3,(H,13,15). The summed E-state index contributed by atoms with van der Waals surface area (Å²) in [6, 6.07) is 0. The summed E-state index contributed by atoms with van der Waals surface area (Å²) in [6.45, 7) is 6.98. The Morgan fingerprint density at radius 2 is 2.12 bits per heavy atom. The van der Waals surface area contributed by atoms with E-state index in [1.165, 1.54) is 0 Å². The van der Waals surface area contributed by atoms with Gasteiger partial charge in [0.1, 0.15) is 0 Å². The second kappa shape index (κ2) is 4.82. The van der Waals surface area contributed by atoms with Gasteiger partial charge in [-0.15, -0.1) is 0 Å². The van der Waals surface area contributed by atoms with Crippen molar-refractivity contribution >= 4 is 11.8 Å². The summed E-state index contributed by atoms with van der Waals surface area (Å²) in [5.74, 6) is 0.193. The lowest BCUT2D eigenvalue weighted by molar-refractivity contribution is -0.135. The molecule has 0 bridgehead atoms. The minimum absolute atomic E-state index is 0.0313. The summed E-state index contributed by atoms with van der Waals surface area (Å²) in [5, 5.41) is 2.51. The Morgan fingerprint density at radius 3 is 2.56 bits per heavy atom. The molecule has 0 aliphatic carbocycles. The van der Waals surface area contributed by atoms with Crippen molar-refractivity contribution in [2.45, 2.75) is 32.7 Å². The molecule has 0 aromatic carbocycles. The first-order valence-electron chi connectivity index (χ1n) is 5.64. The van der Waals surface area contributed by atoms with Crippen molar-refractivity contribution in [3.63, 3.8) is 0 Å². The third-order valence-electron chi connectivity index (χ3n) is 3.00. The van der Waals surface area contributed by atoms with Crippen molar-refractivity contribution in [2.24, 2.45) is 11.7 Å². The summed E-state index contributed by atoms with van der Waals surface area (Å²) in [4.78, 5) is 24.7. The van der Waals surface area contributed by atoms with Crippen LogP contribution in [0.4, 0.5) is 0 Å². The molecule has 1 atom stereocenters. The van der Waals surface area contributed by atoms with Crippen LogP contribution in [0.1, 0.15) is 27.2 Å². The van der Waals surface area contributed by atoms with Crippen LogP contribution >= 0.6 is 0 Å². The largest absolute Gasteiger partial charge is 0.346 e. The summed E-state index contributed by atoms with van der Waals surface area (Å²) >= 11 is 0. The molecule has 16 heavy (non-hydrogen) atoms. The molecule has 1 saturated heterocycles. The zero-order valence-electron chi connectivity index (χ0n) is 10.2. The number of hydrogen-bond acceptors (Lipinski definition) is 3. The number of nitrogens with one attached hydrogen (secondary N) is 1. The van der Waals surface area contributed by atoms with E-state index < -0.39 is 0 Å². The van der Waals surface area contributed by atoms with Gasteiger partial charge in [-0.25, -0.2) is 0 Å². The SMILES string of the molecule is CC1CN(C(=O)CNC(=O)CN)C(C)(C)C1. The maximum absolute atomic E-state index is 11.9. The second-order valence-corrected chi connectivity index (χ2v) is 5.11. The van der Waals surface area contributed by atoms with Crippen LogP contribution in [-0.4, -0.2) is 41.9 Å². The third kappa shape index (κ3) is 2.95. The molecule has 92 valence electrons. The molecule has 3 N–H and O–H groups in total. The minimum atomic E-state index is -0.293. The minimum Gasteiger partial charge on any atom is -0.346 e. The molecular formula is C11H21N3O2. The first-order chi connectivity index (χ1) is 7.36. The van der Waals surface area contributed by atoms with Gasteiger partial charge in [0.2, 0.25) is 11.8 Å². The monoisotopic (exact) mass is 227 g/mol. The average molecular weight is 227 g/mol. The molecule has 1 unspecified atom stereocenters. The number of hydrogen-bond donors (Lipinski definition) is 2. The normalized spacial score (nSPS) is 23.2. The van der Waals surface area contributed by atoms with E-state index in [1.807, 2.05) is 4.90 Å². The fourth-order valence-electron chi connectivity index (χ4n) is 2.37. The first kappa shape index (κ1) is 13.0. The van der Waals surface area contributed by atoms with Crippen molar-refractivity contribution < 1.29 is 9.59 Å². The number of carbonyl (C=O) groups is 2. The number of nitrogens with two attached hydrogens (primary N) is 1. The van der Waals surface area contributed by atoms with Crippen molar-refractivity contribution in [1.29, 1.82) is 0 Å². The number of amides is 2. The van der Waals surface area contributed by atoms with E-state index in [0.29, 0.717) is 5.92 Å². The van der Waals surface area contributed by atoms with Gasteiger partial charge in [0, 0.05) is 12.1 Å². The third-order valence-corrected chi connectivity index (χ3v) is 3.00. The molecule has 5 heteroatoms. The molecule has 1 aliphatic rings. The predicted octanol–water partition coefficient (Wildman–Crippen LogP) is -0.292. The second-order valence-electron chi connectivity index (χ2n) is 5.11. The summed E-state index contributed by atoms with van der Waals surface area (Å²) in [6.07, 6.45) is 1.00. The van der Waals surface area contributed by atoms with Gasteiger partial charge in [-0.1, -0.05) is 6.92 Å². The van der Waals surface area contributed by atoms with Gasteiger partial charge in [-0.3, -0.25) is 9.59 Å². The van der Waals surface area contributed by atoms with Crippen molar-refractivity contribution in [3.05, 3.63) is 0 Å². The average Bonchev–Trinajstić information content (AvgIpc) is 2.47. The Hall–Kier alpha value is -1.10. The van der Waals surface area contributed by atoms with Crippen LogP contribution in [0.2, 0.25) is 0 Å². The fraction of sp³-hybridized carbons (Fsp3) is 0.818. The van der Waals surface area contributed by atoms with E-state index in [-0.39, 0.29) is 30.4 Å². The van der Waals surface area contributed by atoms with Crippen LogP contribution in [0.25, 0.3) is 0 Å². The molecule has 0 spiro atoms. The Bertz CT molecular complexity index is 289. The number of likely N-dealkylation sites (tertiary alicyclic amines) is 1. The lowest BCUT2D eigenvalue weighted by atomic mass is 9.98. The highest BCUT2D eigenvalue weighted by atomic mass is 16.2. The molecule has 0 saturated carbocycles. The highest BCUT2D eigenvalue weighted by molar-refractivity contribution is 5.86. The molecule has 0 aromatic rings. The van der Waals surface area contributed by atoms with Gasteiger partial charge >= 0.3 is 0 Å². The van der Waals surface area contributed by atoms with Crippen LogP contribution < -0.4 is 11.1 Å². The Kier molecular flexibility index (Phi) is 3.91. The van der Waals surface area contributed by atoms with Crippen molar-refractivity contribution in [3.8, 4) is 0 Å². The van der Waals surface area contributed by atoms with E-state index in [9.17, 15) is 9.59 Å². The highest BCUT2D eigenvalue weighted by Gasteiger charge is 2.38. The molecule has 0 radical (unpaired) electrons. The summed E-state index contributed by atoms with van der Waals surface area (Å²) in [7, 11) is 0. The van der Waals surface area contributed by atoms with Crippen molar-refractivity contribution in [2.75, 3.05) is 19.6 Å². The van der Waals surface area contributed by atoms with Crippen LogP contribution in [0.15, 0.2) is 0 Å². The molecule has 1 aliphatic heterocycles. The van der Waals surface area contributed by atoms with Gasteiger partial charge in [0.05, 0.1) is 13.1 Å². The predicted molar refractivity (Wildman–Crippen MR) is 61.6 cm³/mol. The fourth-order valence-corrected chi connectivity index (χ4v) is 2.37. The Morgan fingerprint density at radius 1 is 1.50 bits per heavy atom. The van der Waals surface area contributed by atoms with Gasteiger partial charge < -0.3 is 16.0 Å². The first-order valence-corrected chi connectivity index (χ1v) is 5.64. The molecule has 1 fully saturated rings. The molecule has 1 heterocycles. The molecular weight excluding hydrogens is 206 g/mol. The highest BCUT2D eigenvalue weighted by Crippen LogP contribution is 2.31. The van der Waals surface area contributed by atoms with Crippen LogP contribution in [-0.2, 0) is 9.59 Å². The number of nitrogens with zero attached hydrogens (tertiary/aromatic N) is 1. The van der Waals surface area contributed by atoms with Crippen LogP contribution in [0.3, 0.4) is 0 Å². The maximum Gasteiger partial charge on any atom is 0.242 e. The number of carbonyl (C=O) groups excluding carboxylic acids is 2. The van der Waals surface area contributed by atoms with E-state index >= 15 is 0 Å². The topological polar surface area (TPSA) is 75.4 Å². The molecule has 0 aromatic heterocycles. The van der Waals surface area contributed by atoms with Crippen molar-refractivity contribution in [1.82, 2.24) is 10.2 Å². The van der Waals surface area contributed by atoms with Gasteiger partial charge in [-0.05, 0) is 26.2 Å². The van der Waals surface area contributed by atoms with Crippen LogP contribution in [0, 0.1) is 5.92 Å². The smallest absolute Gasteiger partial charge is 0.242 e. The van der Waals surface area contributed by atoms with E-state index in [4.69, 9.17) is 5.73 Å². The molecule has 2 amide bonds. The summed E-state index contributed by atoms with van der Waals surface area (Å²) < 4.78 is 0. The molecule has 1 rings (SSSR count). The lowest BCUT2D eigenvalue weighted by Gasteiger charge is -2.31.